The van der Waals surface area contributed by atoms with E-state index in [1.807, 2.05) is 0 Å². The molecule has 0 aromatic rings. The van der Waals surface area contributed by atoms with Gasteiger partial charge in [-0.2, -0.15) is 0 Å². The fraction of sp³-hybridized carbons (Fsp3) is 0.933. The molecule has 2 fully saturated rings. The van der Waals surface area contributed by atoms with Crippen molar-refractivity contribution in [3.05, 3.63) is 0 Å². The summed E-state index contributed by atoms with van der Waals surface area (Å²) in [6.07, 6.45) is 4.92. The van der Waals surface area contributed by atoms with Crippen LogP contribution in [0.4, 0.5) is 0 Å². The highest BCUT2D eigenvalue weighted by Crippen LogP contribution is 2.10. The molecular weight excluding hydrogens is 254 g/mol. The van der Waals surface area contributed by atoms with Crippen LogP contribution in [-0.4, -0.2) is 62.8 Å². The van der Waals surface area contributed by atoms with E-state index < -0.39 is 0 Å². The van der Waals surface area contributed by atoms with Crippen LogP contribution in [0, 0.1) is 5.92 Å². The number of carbonyl (C=O) groups excluding carboxylic acids is 1. The first-order chi connectivity index (χ1) is 9.74. The highest BCUT2D eigenvalue weighted by atomic mass is 16.5. The average molecular weight is 283 g/mol. The van der Waals surface area contributed by atoms with Gasteiger partial charge in [0.05, 0.1) is 6.10 Å². The van der Waals surface area contributed by atoms with Crippen LogP contribution < -0.4 is 10.6 Å². The molecule has 5 heteroatoms. The Morgan fingerprint density at radius 1 is 1.35 bits per heavy atom. The van der Waals surface area contributed by atoms with Gasteiger partial charge in [0.15, 0.2) is 0 Å². The van der Waals surface area contributed by atoms with Crippen LogP contribution in [0.2, 0.25) is 0 Å². The smallest absolute Gasteiger partial charge is 0.246 e. The van der Waals surface area contributed by atoms with Crippen molar-refractivity contribution in [2.24, 2.45) is 5.92 Å². The predicted molar refractivity (Wildman–Crippen MR) is 79.7 cm³/mol. The number of rotatable bonds is 7. The van der Waals surface area contributed by atoms with Crippen molar-refractivity contribution in [1.82, 2.24) is 15.5 Å². The van der Waals surface area contributed by atoms with Gasteiger partial charge in [-0.05, 0) is 57.8 Å². The van der Waals surface area contributed by atoms with Crippen LogP contribution in [0.1, 0.15) is 32.6 Å². The third-order valence-corrected chi connectivity index (χ3v) is 4.15. The van der Waals surface area contributed by atoms with E-state index >= 15 is 0 Å². The zero-order chi connectivity index (χ0) is 14.2. The summed E-state index contributed by atoms with van der Waals surface area (Å²) in [6.45, 7) is 8.69. The number of ether oxygens (including phenoxy) is 1. The summed E-state index contributed by atoms with van der Waals surface area (Å²) < 4.78 is 5.65. The number of nitrogens with zero attached hydrogens (tertiary/aromatic N) is 1. The first-order valence-electron chi connectivity index (χ1n) is 8.05. The summed E-state index contributed by atoms with van der Waals surface area (Å²) in [4.78, 5) is 14.3. The summed E-state index contributed by atoms with van der Waals surface area (Å²) in [5.74, 6) is 0.535. The molecule has 2 aliphatic rings. The van der Waals surface area contributed by atoms with E-state index in [0.717, 1.165) is 39.0 Å². The number of amides is 1. The van der Waals surface area contributed by atoms with Crippen LogP contribution in [0.25, 0.3) is 0 Å². The van der Waals surface area contributed by atoms with Gasteiger partial charge in [-0.3, -0.25) is 4.79 Å². The second-order valence-electron chi connectivity index (χ2n) is 6.18. The first kappa shape index (κ1) is 15.7. The number of nitrogens with one attached hydrogen (secondary N) is 2. The molecule has 0 spiro atoms. The van der Waals surface area contributed by atoms with Crippen molar-refractivity contribution < 1.29 is 9.53 Å². The Bertz CT molecular complexity index is 287. The maximum atomic E-state index is 11.8. The van der Waals surface area contributed by atoms with Crippen LogP contribution in [-0.2, 0) is 9.53 Å². The fourth-order valence-electron chi connectivity index (χ4n) is 2.97. The molecule has 20 heavy (non-hydrogen) atoms. The fourth-order valence-corrected chi connectivity index (χ4v) is 2.97. The van der Waals surface area contributed by atoms with Gasteiger partial charge < -0.3 is 20.3 Å². The van der Waals surface area contributed by atoms with Gasteiger partial charge in [0.1, 0.15) is 6.61 Å². The zero-order valence-electron chi connectivity index (χ0n) is 12.7. The van der Waals surface area contributed by atoms with Crippen LogP contribution in [0.3, 0.4) is 0 Å². The minimum atomic E-state index is 0.0248. The van der Waals surface area contributed by atoms with Gasteiger partial charge in [0.25, 0.3) is 0 Å². The second-order valence-corrected chi connectivity index (χ2v) is 6.18. The Morgan fingerprint density at radius 2 is 2.05 bits per heavy atom. The molecule has 2 rings (SSSR count). The van der Waals surface area contributed by atoms with Crippen molar-refractivity contribution in [1.29, 1.82) is 0 Å². The molecule has 0 radical (unpaired) electrons. The SMILES string of the molecule is CC(CNC(=O)COC1CCNCC1)CN1CCCC1. The molecule has 0 bridgehead atoms. The molecular formula is C15H29N3O2. The summed E-state index contributed by atoms with van der Waals surface area (Å²) in [6, 6.07) is 0. The standard InChI is InChI=1S/C15H29N3O2/c1-13(11-18-8-2-3-9-18)10-17-15(19)12-20-14-4-6-16-7-5-14/h13-14,16H,2-12H2,1H3,(H,17,19). The molecule has 0 aromatic heterocycles. The molecule has 2 saturated heterocycles. The lowest BCUT2D eigenvalue weighted by Gasteiger charge is -2.23. The molecule has 116 valence electrons. The summed E-state index contributed by atoms with van der Waals surface area (Å²) in [5.41, 5.74) is 0. The third kappa shape index (κ3) is 5.77. The molecule has 1 unspecified atom stereocenters. The molecule has 2 N–H and O–H groups in total. The Labute approximate surface area is 122 Å². The number of hydrogen-bond donors (Lipinski definition) is 2. The Kier molecular flexibility index (Phi) is 6.76. The summed E-state index contributed by atoms with van der Waals surface area (Å²) >= 11 is 0. The van der Waals surface area contributed by atoms with E-state index in [0.29, 0.717) is 5.92 Å². The molecule has 0 saturated carbocycles. The minimum Gasteiger partial charge on any atom is -0.368 e. The van der Waals surface area contributed by atoms with Crippen LogP contribution in [0.5, 0.6) is 0 Å². The maximum Gasteiger partial charge on any atom is 0.246 e. The van der Waals surface area contributed by atoms with E-state index in [1.165, 1.54) is 25.9 Å². The quantitative estimate of drug-likeness (QED) is 0.718. The van der Waals surface area contributed by atoms with Crippen molar-refractivity contribution in [2.75, 3.05) is 45.9 Å². The van der Waals surface area contributed by atoms with Gasteiger partial charge in [0, 0.05) is 13.1 Å². The molecule has 1 atom stereocenters. The molecule has 5 nitrogen and oxygen atoms in total. The van der Waals surface area contributed by atoms with Crippen molar-refractivity contribution >= 4 is 5.91 Å². The van der Waals surface area contributed by atoms with Crippen molar-refractivity contribution in [3.8, 4) is 0 Å². The molecule has 2 aliphatic heterocycles. The van der Waals surface area contributed by atoms with Gasteiger partial charge >= 0.3 is 0 Å². The average Bonchev–Trinajstić information content (AvgIpc) is 2.97. The van der Waals surface area contributed by atoms with E-state index in [4.69, 9.17) is 4.74 Å². The number of hydrogen-bond acceptors (Lipinski definition) is 4. The largest absolute Gasteiger partial charge is 0.368 e. The van der Waals surface area contributed by atoms with Crippen LogP contribution in [0.15, 0.2) is 0 Å². The Morgan fingerprint density at radius 3 is 2.75 bits per heavy atom. The van der Waals surface area contributed by atoms with Gasteiger partial charge in [-0.1, -0.05) is 6.92 Å². The van der Waals surface area contributed by atoms with Gasteiger partial charge in [-0.25, -0.2) is 0 Å². The monoisotopic (exact) mass is 283 g/mol. The van der Waals surface area contributed by atoms with E-state index in [9.17, 15) is 4.79 Å². The normalized spacial score (nSPS) is 22.9. The minimum absolute atomic E-state index is 0.0248. The maximum absolute atomic E-state index is 11.8. The number of likely N-dealkylation sites (tertiary alicyclic amines) is 1. The predicted octanol–water partition coefficient (Wildman–Crippen LogP) is 0.603. The molecule has 2 heterocycles. The Balaban J connectivity index is 1.52. The Hall–Kier alpha value is -0.650. The van der Waals surface area contributed by atoms with Crippen molar-refractivity contribution in [3.63, 3.8) is 0 Å². The second kappa shape index (κ2) is 8.60. The molecule has 0 aliphatic carbocycles. The lowest BCUT2D eigenvalue weighted by Crippen LogP contribution is -2.38. The third-order valence-electron chi connectivity index (χ3n) is 4.15. The molecule has 1 amide bonds. The first-order valence-corrected chi connectivity index (χ1v) is 8.05. The highest BCUT2D eigenvalue weighted by Gasteiger charge is 2.17. The van der Waals surface area contributed by atoms with Crippen LogP contribution >= 0.6 is 0 Å². The lowest BCUT2D eigenvalue weighted by atomic mass is 10.1. The highest BCUT2D eigenvalue weighted by molar-refractivity contribution is 5.77. The molecule has 0 aromatic carbocycles. The lowest BCUT2D eigenvalue weighted by molar-refractivity contribution is -0.128. The van der Waals surface area contributed by atoms with E-state index in [-0.39, 0.29) is 18.6 Å². The van der Waals surface area contributed by atoms with E-state index in [1.54, 1.807) is 0 Å². The van der Waals surface area contributed by atoms with Crippen molar-refractivity contribution in [2.45, 2.75) is 38.7 Å². The van der Waals surface area contributed by atoms with Gasteiger partial charge in [0.2, 0.25) is 5.91 Å². The summed E-state index contributed by atoms with van der Waals surface area (Å²) in [5, 5.41) is 6.28. The number of carbonyl (C=O) groups is 1. The topological polar surface area (TPSA) is 53.6 Å². The zero-order valence-corrected chi connectivity index (χ0v) is 12.7. The van der Waals surface area contributed by atoms with E-state index in [2.05, 4.69) is 22.5 Å². The summed E-state index contributed by atoms with van der Waals surface area (Å²) in [7, 11) is 0. The van der Waals surface area contributed by atoms with Gasteiger partial charge in [-0.15, -0.1) is 0 Å². The number of piperidine rings is 1.